The van der Waals surface area contributed by atoms with Gasteiger partial charge in [-0.15, -0.1) is 0 Å². The van der Waals surface area contributed by atoms with Crippen LogP contribution in [0, 0.1) is 6.92 Å². The third kappa shape index (κ3) is 3.42. The molecule has 6 heteroatoms. The predicted octanol–water partition coefficient (Wildman–Crippen LogP) is 5.41. The fraction of sp³-hybridized carbons (Fsp3) is 0.167. The molecule has 0 aliphatic heterocycles. The number of halogens is 1. The van der Waals surface area contributed by atoms with Crippen molar-refractivity contribution in [3.05, 3.63) is 93.3 Å². The zero-order chi connectivity index (χ0) is 21.4. The van der Waals surface area contributed by atoms with Gasteiger partial charge < -0.3 is 10.2 Å². The summed E-state index contributed by atoms with van der Waals surface area (Å²) in [5.74, 6) is -0.964. The Bertz CT molecular complexity index is 1250. The molecule has 4 aromatic rings. The Morgan fingerprint density at radius 1 is 1.10 bits per heavy atom. The van der Waals surface area contributed by atoms with Gasteiger partial charge in [0.05, 0.1) is 17.0 Å². The van der Waals surface area contributed by atoms with Gasteiger partial charge in [-0.25, -0.2) is 9.78 Å². The van der Waals surface area contributed by atoms with Gasteiger partial charge in [-0.1, -0.05) is 55.5 Å². The van der Waals surface area contributed by atoms with Crippen LogP contribution in [-0.2, 0) is 6.42 Å². The lowest BCUT2D eigenvalue weighted by Gasteiger charge is -2.16. The largest absolute Gasteiger partial charge is 0.478 e. The molecule has 0 fully saturated rings. The molecule has 30 heavy (non-hydrogen) atoms. The first-order valence-corrected chi connectivity index (χ1v) is 10.5. The summed E-state index contributed by atoms with van der Waals surface area (Å²) in [7, 11) is 0. The third-order valence-corrected chi connectivity index (χ3v) is 6.12. The summed E-state index contributed by atoms with van der Waals surface area (Å²) in [5, 5.41) is 20.6. The number of nitrogens with zero attached hydrogens (tertiary/aromatic N) is 2. The van der Waals surface area contributed by atoms with E-state index in [1.807, 2.05) is 60.7 Å². The number of fused-ring (bicyclic) bond motifs is 1. The SMILES string of the molecule is CCc1nc2c(C)ccc([C@H](O)c3ccc(-c4ccccc4C(=O)O)cc3)n2c1Br. The highest BCUT2D eigenvalue weighted by Gasteiger charge is 2.20. The van der Waals surface area contributed by atoms with Gasteiger partial charge in [0.15, 0.2) is 0 Å². The summed E-state index contributed by atoms with van der Waals surface area (Å²) in [4.78, 5) is 16.2. The number of carboxylic acids is 1. The molecule has 1 atom stereocenters. The number of carboxylic acid groups (broad SMARTS) is 1. The third-order valence-electron chi connectivity index (χ3n) is 5.31. The first-order valence-electron chi connectivity index (χ1n) is 9.69. The quantitative estimate of drug-likeness (QED) is 0.413. The van der Waals surface area contributed by atoms with Gasteiger partial charge in [0.2, 0.25) is 0 Å². The number of aromatic nitrogens is 2. The standard InChI is InChI=1S/C24H21BrN2O3/c1-3-19-22(25)27-20(13-8-14(2)23(27)26-19)21(28)16-11-9-15(10-12-16)17-6-4-5-7-18(17)24(29)30/h4-13,21,28H,3H2,1-2H3,(H,29,30)/t21-/m1/s1. The zero-order valence-electron chi connectivity index (χ0n) is 16.6. The highest BCUT2D eigenvalue weighted by atomic mass is 79.9. The van der Waals surface area contributed by atoms with Crippen LogP contribution in [0.25, 0.3) is 16.8 Å². The Kier molecular flexibility index (Phi) is 5.45. The Morgan fingerprint density at radius 2 is 1.80 bits per heavy atom. The number of aromatic carboxylic acids is 1. The Hall–Kier alpha value is -2.96. The molecular weight excluding hydrogens is 444 g/mol. The molecule has 0 saturated carbocycles. The van der Waals surface area contributed by atoms with Gasteiger partial charge >= 0.3 is 5.97 Å². The Labute approximate surface area is 182 Å². The van der Waals surface area contributed by atoms with Gasteiger partial charge in [0.25, 0.3) is 0 Å². The van der Waals surface area contributed by atoms with Gasteiger partial charge in [-0.3, -0.25) is 4.40 Å². The summed E-state index contributed by atoms with van der Waals surface area (Å²) < 4.78 is 2.80. The number of pyridine rings is 1. The maximum Gasteiger partial charge on any atom is 0.336 e. The second-order valence-electron chi connectivity index (χ2n) is 7.18. The second kappa shape index (κ2) is 8.05. The van der Waals surface area contributed by atoms with Gasteiger partial charge in [0, 0.05) is 0 Å². The number of aliphatic hydroxyl groups excluding tert-OH is 1. The predicted molar refractivity (Wildman–Crippen MR) is 120 cm³/mol. The van der Waals surface area contributed by atoms with Crippen LogP contribution in [0.3, 0.4) is 0 Å². The van der Waals surface area contributed by atoms with E-state index in [1.165, 1.54) is 0 Å². The number of rotatable bonds is 5. The van der Waals surface area contributed by atoms with Crippen LogP contribution < -0.4 is 0 Å². The van der Waals surface area contributed by atoms with Crippen LogP contribution in [0.15, 0.2) is 65.3 Å². The maximum atomic E-state index is 11.5. The second-order valence-corrected chi connectivity index (χ2v) is 7.93. The topological polar surface area (TPSA) is 74.8 Å². The zero-order valence-corrected chi connectivity index (χ0v) is 18.2. The fourth-order valence-electron chi connectivity index (χ4n) is 3.68. The van der Waals surface area contributed by atoms with Crippen molar-refractivity contribution in [2.24, 2.45) is 0 Å². The lowest BCUT2D eigenvalue weighted by molar-refractivity contribution is 0.0697. The highest BCUT2D eigenvalue weighted by Crippen LogP contribution is 2.31. The number of benzene rings is 2. The van der Waals surface area contributed by atoms with Crippen molar-refractivity contribution >= 4 is 27.5 Å². The number of hydrogen-bond donors (Lipinski definition) is 2. The molecule has 0 radical (unpaired) electrons. The minimum atomic E-state index is -0.964. The van der Waals surface area contributed by atoms with E-state index in [0.717, 1.165) is 39.1 Å². The smallest absolute Gasteiger partial charge is 0.336 e. The first-order chi connectivity index (χ1) is 14.4. The lowest BCUT2D eigenvalue weighted by Crippen LogP contribution is -2.07. The first kappa shape index (κ1) is 20.3. The van der Waals surface area contributed by atoms with Crippen LogP contribution in [0.1, 0.15) is 45.9 Å². The molecule has 2 aromatic carbocycles. The molecule has 0 aliphatic rings. The Balaban J connectivity index is 1.76. The number of imidazole rings is 1. The van der Waals surface area contributed by atoms with E-state index in [0.29, 0.717) is 11.3 Å². The summed E-state index contributed by atoms with van der Waals surface area (Å²) in [6.45, 7) is 4.05. The summed E-state index contributed by atoms with van der Waals surface area (Å²) >= 11 is 3.64. The molecule has 152 valence electrons. The summed E-state index contributed by atoms with van der Waals surface area (Å²) in [6, 6.07) is 18.1. The fourth-order valence-corrected chi connectivity index (χ4v) is 4.42. The average molecular weight is 465 g/mol. The van der Waals surface area contributed by atoms with Crippen LogP contribution >= 0.6 is 15.9 Å². The number of hydrogen-bond acceptors (Lipinski definition) is 3. The van der Waals surface area contributed by atoms with Gasteiger partial charge in [0.1, 0.15) is 16.4 Å². The van der Waals surface area contributed by atoms with Crippen LogP contribution in [0.4, 0.5) is 0 Å². The molecule has 2 heterocycles. The monoisotopic (exact) mass is 464 g/mol. The van der Waals surface area contributed by atoms with E-state index in [2.05, 4.69) is 15.9 Å². The molecule has 0 bridgehead atoms. The molecule has 2 aromatic heterocycles. The minimum absolute atomic E-state index is 0.250. The van der Waals surface area contributed by atoms with E-state index < -0.39 is 12.1 Å². The molecule has 0 spiro atoms. The molecular formula is C24H21BrN2O3. The normalized spacial score (nSPS) is 12.3. The highest BCUT2D eigenvalue weighted by molar-refractivity contribution is 9.10. The van der Waals surface area contributed by atoms with Crippen molar-refractivity contribution in [1.29, 1.82) is 0 Å². The van der Waals surface area contributed by atoms with Crippen molar-refractivity contribution in [3.8, 4) is 11.1 Å². The van der Waals surface area contributed by atoms with E-state index in [1.54, 1.807) is 18.2 Å². The average Bonchev–Trinajstić information content (AvgIpc) is 3.11. The molecule has 5 nitrogen and oxygen atoms in total. The maximum absolute atomic E-state index is 11.5. The van der Waals surface area contributed by atoms with Crippen molar-refractivity contribution in [3.63, 3.8) is 0 Å². The van der Waals surface area contributed by atoms with E-state index in [-0.39, 0.29) is 5.56 Å². The van der Waals surface area contributed by atoms with Crippen LogP contribution in [0.2, 0.25) is 0 Å². The van der Waals surface area contributed by atoms with E-state index in [4.69, 9.17) is 4.98 Å². The van der Waals surface area contributed by atoms with Crippen LogP contribution in [0.5, 0.6) is 0 Å². The van der Waals surface area contributed by atoms with E-state index >= 15 is 0 Å². The number of carbonyl (C=O) groups is 1. The van der Waals surface area contributed by atoms with Crippen LogP contribution in [-0.4, -0.2) is 25.6 Å². The molecule has 0 aliphatic carbocycles. The number of aryl methyl sites for hydroxylation is 2. The summed E-state index contributed by atoms with van der Waals surface area (Å²) in [5.41, 5.74) is 5.92. The number of aliphatic hydroxyl groups is 1. The van der Waals surface area contributed by atoms with E-state index in [9.17, 15) is 15.0 Å². The molecule has 0 saturated heterocycles. The molecule has 4 rings (SSSR count). The Morgan fingerprint density at radius 3 is 2.47 bits per heavy atom. The van der Waals surface area contributed by atoms with Gasteiger partial charge in [-0.05, 0) is 63.7 Å². The summed E-state index contributed by atoms with van der Waals surface area (Å²) in [6.07, 6.45) is -0.0679. The van der Waals surface area contributed by atoms with Gasteiger partial charge in [-0.2, -0.15) is 0 Å². The molecule has 0 amide bonds. The van der Waals surface area contributed by atoms with Crippen molar-refractivity contribution in [2.75, 3.05) is 0 Å². The lowest BCUT2D eigenvalue weighted by atomic mass is 9.97. The van der Waals surface area contributed by atoms with Crippen molar-refractivity contribution in [1.82, 2.24) is 9.38 Å². The molecule has 2 N–H and O–H groups in total. The molecule has 0 unspecified atom stereocenters. The minimum Gasteiger partial charge on any atom is -0.478 e. The van der Waals surface area contributed by atoms with Crippen molar-refractivity contribution in [2.45, 2.75) is 26.4 Å². The van der Waals surface area contributed by atoms with Crippen molar-refractivity contribution < 1.29 is 15.0 Å².